The zero-order valence-corrected chi connectivity index (χ0v) is 64.0. The van der Waals surface area contributed by atoms with E-state index in [9.17, 15) is 127 Å². The Kier molecular flexibility index (Phi) is 40.0. The third kappa shape index (κ3) is 32.8. The number of hydrogen-bond acceptors (Lipinski definition) is 24. The highest BCUT2D eigenvalue weighted by Crippen LogP contribution is 2.21. The Hall–Kier alpha value is -12.0. The maximum atomic E-state index is 14.9. The van der Waals surface area contributed by atoms with Gasteiger partial charge in [-0.25, -0.2) is 9.59 Å². The lowest BCUT2D eigenvalue weighted by Crippen LogP contribution is -2.64. The number of aromatic nitrogens is 1. The number of aliphatic carboxylic acids is 4. The lowest BCUT2D eigenvalue weighted by atomic mass is 10.0. The molecule has 114 heavy (non-hydrogen) atoms. The van der Waals surface area contributed by atoms with Gasteiger partial charge in [-0.3, -0.25) is 86.3 Å². The Morgan fingerprint density at radius 2 is 1.17 bits per heavy atom. The first-order valence-corrected chi connectivity index (χ1v) is 36.6. The number of H-pyrrole nitrogens is 1. The number of aliphatic hydroxyl groups is 2. The number of fused-ring (bicyclic) bond motifs is 1. The summed E-state index contributed by atoms with van der Waals surface area (Å²) in [5, 5.41) is 87.5. The van der Waals surface area contributed by atoms with Gasteiger partial charge in [0.15, 0.2) is 12.2 Å². The van der Waals surface area contributed by atoms with Gasteiger partial charge in [-0.05, 0) is 82.4 Å². The van der Waals surface area contributed by atoms with E-state index in [1.165, 1.54) is 13.8 Å². The molecule has 1 saturated heterocycles. The van der Waals surface area contributed by atoms with Crippen LogP contribution in [0.1, 0.15) is 143 Å². The SMILES string of the molecule is CC(C)CCCCCCC(=O)NC(Cc1c[nH]c2ccccc12)C(=O)NC(CCC(=O)O)C(=O)NC(C(=O)NC1C(=O)N(C)CC(=O)NC(C)C(=O)NC(CC(=O)O)C(=O)NC(CCCCN)C(=O)NC(C(O)C(=O)O)C(=O)NCC(=O)NC(CC(N)=O)C(=O)NC(CCC(=O)O)C(=O)NC(C(C)C)C(=O)OC1C)C(O)C(N)=O. The first kappa shape index (κ1) is 96.2. The summed E-state index contributed by atoms with van der Waals surface area (Å²) in [4.78, 5) is 275. The molecule has 1 aromatic heterocycles. The molecule has 0 saturated carbocycles. The van der Waals surface area contributed by atoms with Crippen molar-refractivity contribution < 1.29 is 131 Å². The molecule has 14 unspecified atom stereocenters. The van der Waals surface area contributed by atoms with Crippen LogP contribution in [0.15, 0.2) is 30.5 Å². The molecule has 2 heterocycles. The average molecular weight is 1620 g/mol. The Morgan fingerprint density at radius 3 is 1.75 bits per heavy atom. The maximum absolute atomic E-state index is 14.9. The number of ether oxygens (including phenoxy) is 1. The van der Waals surface area contributed by atoms with Crippen LogP contribution >= 0.6 is 0 Å². The fraction of sp³-hybridized carbons (Fsp3) is 0.600. The summed E-state index contributed by atoms with van der Waals surface area (Å²) in [6.45, 7) is 6.21. The zero-order chi connectivity index (χ0) is 86.0. The normalized spacial score (nSPS) is 21.8. The number of carboxylic acids is 4. The molecule has 44 nitrogen and oxygen atoms in total. The lowest BCUT2D eigenvalue weighted by Gasteiger charge is -2.32. The Morgan fingerprint density at radius 1 is 0.588 bits per heavy atom. The minimum Gasteiger partial charge on any atom is -0.481 e. The van der Waals surface area contributed by atoms with Crippen molar-refractivity contribution in [3.05, 3.63) is 36.0 Å². The predicted molar refractivity (Wildman–Crippen MR) is 394 cm³/mol. The van der Waals surface area contributed by atoms with E-state index in [0.29, 0.717) is 40.1 Å². The van der Waals surface area contributed by atoms with E-state index in [-0.39, 0.29) is 32.2 Å². The van der Waals surface area contributed by atoms with E-state index < -0.39 is 267 Å². The van der Waals surface area contributed by atoms with E-state index in [2.05, 4.69) is 61.4 Å². The van der Waals surface area contributed by atoms with Gasteiger partial charge in [0.05, 0.1) is 25.9 Å². The topological polar surface area (TPSA) is 713 Å². The van der Waals surface area contributed by atoms with Crippen LogP contribution in [0, 0.1) is 11.8 Å². The number of aromatic amines is 1. The molecule has 0 radical (unpaired) electrons. The molecule has 1 aromatic carbocycles. The van der Waals surface area contributed by atoms with Crippen LogP contribution in [0.2, 0.25) is 0 Å². The van der Waals surface area contributed by atoms with Crippen molar-refractivity contribution in [2.75, 3.05) is 26.7 Å². The van der Waals surface area contributed by atoms with Crippen LogP contribution in [-0.2, 0) is 107 Å². The number of nitrogens with one attached hydrogen (secondary N) is 13. The standard InChI is InChI=1S/C70H105N17O27/c1-32(2)16-10-8-9-11-20-46(89)77-42(26-36-29-74-38-18-13-12-17-37(36)38)63(105)80-41(22-24-50(94)95)62(104)85-54(56(98)58(73)100)67(109)84-53-35(6)114-70(113)52(33(3)4)83-61(103)40(21-23-49(92)93)81-64(106)43(27-45(72)88)78-47(90)30-75-66(108)55(57(99)69(111)112)86-60(102)39(19-14-15-25-71)79-65(107)44(28-51(96)97)82-59(101)34(5)76-48(91)31-87(7)68(53)110/h12-13,17-18,29,32-35,39-44,52-57,74,98-99H,8-11,14-16,19-28,30-31,71H2,1-7H3,(H2,72,88)(H2,73,100)(H,75,108)(H,76,91)(H,77,89)(H,78,90)(H,79,107)(H,80,105)(H,81,106)(H,82,101)(H,83,103)(H,84,109)(H,85,104)(H,86,102)(H,92,93)(H,94,95)(H,96,97)(H,111,112). The van der Waals surface area contributed by atoms with Crippen molar-refractivity contribution in [3.8, 4) is 0 Å². The molecule has 0 spiro atoms. The average Bonchev–Trinajstić information content (AvgIpc) is 1.53. The molecule has 3 rings (SSSR count). The van der Waals surface area contributed by atoms with Crippen LogP contribution in [0.5, 0.6) is 0 Å². The molecule has 1 aliphatic heterocycles. The van der Waals surface area contributed by atoms with Gasteiger partial charge >= 0.3 is 29.8 Å². The number of para-hydroxylation sites is 1. The van der Waals surface area contributed by atoms with Crippen molar-refractivity contribution in [2.24, 2.45) is 29.0 Å². The Balaban J connectivity index is 2.25. The molecule has 0 bridgehead atoms. The Bertz CT molecular complexity index is 3810. The third-order valence-corrected chi connectivity index (χ3v) is 17.7. The van der Waals surface area contributed by atoms with E-state index >= 15 is 0 Å². The number of unbranched alkanes of at least 4 members (excludes halogenated alkanes) is 4. The number of carboxylic acid groups (broad SMARTS) is 4. The van der Waals surface area contributed by atoms with Gasteiger partial charge in [-0.2, -0.15) is 0 Å². The quantitative estimate of drug-likeness (QED) is 0.0225. The second kappa shape index (κ2) is 47.4. The number of nitrogens with zero attached hydrogens (tertiary/aromatic N) is 1. The van der Waals surface area contributed by atoms with Crippen molar-refractivity contribution in [1.29, 1.82) is 0 Å². The van der Waals surface area contributed by atoms with Crippen LogP contribution in [-0.4, -0.2) is 270 Å². The van der Waals surface area contributed by atoms with Gasteiger partial charge < -0.3 is 126 Å². The monoisotopic (exact) mass is 1620 g/mol. The summed E-state index contributed by atoms with van der Waals surface area (Å²) in [5.74, 6) is -29.9. The van der Waals surface area contributed by atoms with Gasteiger partial charge in [-0.15, -0.1) is 0 Å². The summed E-state index contributed by atoms with van der Waals surface area (Å²) in [6.07, 6.45) is -8.69. The summed E-state index contributed by atoms with van der Waals surface area (Å²) < 4.78 is 5.68. The predicted octanol–water partition coefficient (Wildman–Crippen LogP) is -7.26. The summed E-state index contributed by atoms with van der Waals surface area (Å²) >= 11 is 0. The van der Waals surface area contributed by atoms with Crippen LogP contribution in [0.25, 0.3) is 10.9 Å². The summed E-state index contributed by atoms with van der Waals surface area (Å²) in [7, 11) is 0.883. The number of cyclic esters (lactones) is 1. The number of amides is 15. The second-order valence-corrected chi connectivity index (χ2v) is 28.0. The number of aliphatic hydroxyl groups excluding tert-OH is 2. The number of carbonyl (C=O) groups is 20. The highest BCUT2D eigenvalue weighted by Gasteiger charge is 2.43. The van der Waals surface area contributed by atoms with Crippen molar-refractivity contribution in [3.63, 3.8) is 0 Å². The van der Waals surface area contributed by atoms with Crippen LogP contribution in [0.3, 0.4) is 0 Å². The number of rotatable bonds is 35. The molecule has 25 N–H and O–H groups in total. The number of hydrogen-bond donors (Lipinski definition) is 22. The van der Waals surface area contributed by atoms with Crippen molar-refractivity contribution in [1.82, 2.24) is 73.7 Å². The number of likely N-dealkylation sites (N-methyl/N-ethyl adjacent to an activating group) is 1. The maximum Gasteiger partial charge on any atom is 0.335 e. The summed E-state index contributed by atoms with van der Waals surface area (Å²) in [5.41, 5.74) is 17.6. The fourth-order valence-corrected chi connectivity index (χ4v) is 11.4. The minimum atomic E-state index is -2.84. The van der Waals surface area contributed by atoms with Crippen molar-refractivity contribution >= 4 is 129 Å². The minimum absolute atomic E-state index is 0.0128. The van der Waals surface area contributed by atoms with E-state index in [0.717, 1.165) is 40.2 Å². The highest BCUT2D eigenvalue weighted by atomic mass is 16.5. The molecular formula is C70H105N17O27. The third-order valence-electron chi connectivity index (χ3n) is 17.7. The van der Waals surface area contributed by atoms with Crippen LogP contribution < -0.4 is 81.0 Å². The molecule has 1 aliphatic rings. The summed E-state index contributed by atoms with van der Waals surface area (Å²) in [6, 6.07) is -16.1. The zero-order valence-electron chi connectivity index (χ0n) is 64.0. The van der Waals surface area contributed by atoms with E-state index in [4.69, 9.17) is 21.9 Å². The first-order chi connectivity index (χ1) is 53.5. The molecule has 14 atom stereocenters. The molecular weight excluding hydrogens is 1510 g/mol. The van der Waals surface area contributed by atoms with Gasteiger partial charge in [-0.1, -0.05) is 71.6 Å². The highest BCUT2D eigenvalue weighted by molar-refractivity contribution is 6.02. The van der Waals surface area contributed by atoms with Crippen molar-refractivity contribution in [2.45, 2.75) is 229 Å². The number of primary amides is 2. The number of benzene rings is 1. The second-order valence-electron chi connectivity index (χ2n) is 28.0. The van der Waals surface area contributed by atoms with Crippen LogP contribution in [0.4, 0.5) is 0 Å². The van der Waals surface area contributed by atoms with Gasteiger partial charge in [0.25, 0.3) is 0 Å². The van der Waals surface area contributed by atoms with E-state index in [1.807, 2.05) is 21.3 Å². The molecule has 632 valence electrons. The van der Waals surface area contributed by atoms with Gasteiger partial charge in [0.1, 0.15) is 72.6 Å². The Labute approximate surface area is 652 Å². The fourth-order valence-electron chi connectivity index (χ4n) is 11.4. The van der Waals surface area contributed by atoms with Gasteiger partial charge in [0, 0.05) is 49.8 Å². The lowest BCUT2D eigenvalue weighted by molar-refractivity contribution is -0.159. The molecule has 44 heteroatoms. The first-order valence-electron chi connectivity index (χ1n) is 36.6. The molecule has 2 aromatic rings. The number of nitrogens with two attached hydrogens (primary N) is 3. The van der Waals surface area contributed by atoms with E-state index in [1.54, 1.807) is 30.5 Å². The molecule has 15 amide bonds. The number of esters is 1. The largest absolute Gasteiger partial charge is 0.481 e. The smallest absolute Gasteiger partial charge is 0.335 e. The van der Waals surface area contributed by atoms with Gasteiger partial charge in [0.2, 0.25) is 88.6 Å². The molecule has 0 aliphatic carbocycles. The molecule has 1 fully saturated rings. The number of carbonyl (C=O) groups excluding carboxylic acids is 16.